The van der Waals surface area contributed by atoms with E-state index in [1.807, 2.05) is 46.4 Å². The van der Waals surface area contributed by atoms with E-state index < -0.39 is 0 Å². The number of aliphatic imine (C=N–C) groups is 1. The molecule has 0 aliphatic carbocycles. The summed E-state index contributed by atoms with van der Waals surface area (Å²) in [7, 11) is 3.47. The van der Waals surface area contributed by atoms with Gasteiger partial charge < -0.3 is 19.4 Å². The molecule has 1 fully saturated rings. The second kappa shape index (κ2) is 9.06. The Balaban J connectivity index is 1.70. The van der Waals surface area contributed by atoms with Gasteiger partial charge in [-0.05, 0) is 30.0 Å². The van der Waals surface area contributed by atoms with Crippen molar-refractivity contribution in [2.24, 2.45) is 4.99 Å². The largest absolute Gasteiger partial charge is 0.378 e. The summed E-state index contributed by atoms with van der Waals surface area (Å²) in [6.07, 6.45) is 0.249. The standard InChI is InChI=1S/C22H25ClN4O3S/c1-14-19(21(29)25(2)3)20(15-4-6-16(23)7-5-15)27-17(13-31-22(27)24-14)12-18(28)26-8-10-30-11-9-26/h4-7,13,20H,8-12H2,1-3H3/t20-/m0/s1. The molecule has 3 heterocycles. The van der Waals surface area contributed by atoms with Gasteiger partial charge in [-0.15, -0.1) is 0 Å². The number of halogens is 1. The van der Waals surface area contributed by atoms with Gasteiger partial charge in [0.05, 0.1) is 36.9 Å². The van der Waals surface area contributed by atoms with Crippen molar-refractivity contribution in [1.29, 1.82) is 0 Å². The minimum absolute atomic E-state index is 0.0537. The molecule has 0 radical (unpaired) electrons. The maximum atomic E-state index is 13.2. The highest BCUT2D eigenvalue weighted by Crippen LogP contribution is 2.45. The smallest absolute Gasteiger partial charge is 0.253 e. The third kappa shape index (κ3) is 4.37. The van der Waals surface area contributed by atoms with E-state index in [0.29, 0.717) is 42.6 Å². The Morgan fingerprint density at radius 1 is 1.23 bits per heavy atom. The van der Waals surface area contributed by atoms with Gasteiger partial charge in [-0.25, -0.2) is 4.99 Å². The van der Waals surface area contributed by atoms with Gasteiger partial charge in [0.1, 0.15) is 0 Å². The fourth-order valence-corrected chi connectivity index (χ4v) is 5.01. The zero-order valence-corrected chi connectivity index (χ0v) is 19.4. The molecule has 1 aromatic rings. The maximum absolute atomic E-state index is 13.2. The van der Waals surface area contributed by atoms with Crippen LogP contribution in [0.1, 0.15) is 24.9 Å². The number of amides is 2. The van der Waals surface area contributed by atoms with E-state index >= 15 is 0 Å². The Morgan fingerprint density at radius 3 is 2.55 bits per heavy atom. The molecule has 0 spiro atoms. The fourth-order valence-electron chi connectivity index (χ4n) is 3.92. The Morgan fingerprint density at radius 2 is 1.90 bits per heavy atom. The SMILES string of the molecule is CC1=C(C(=O)N(C)C)[C@H](c2ccc(Cl)cc2)N2C(CC(=O)N3CCOCC3)=CSC2=N1. The van der Waals surface area contributed by atoms with E-state index in [-0.39, 0.29) is 24.3 Å². The van der Waals surface area contributed by atoms with Crippen LogP contribution in [0.15, 0.2) is 51.6 Å². The monoisotopic (exact) mass is 460 g/mol. The first-order valence-corrected chi connectivity index (χ1v) is 11.4. The van der Waals surface area contributed by atoms with E-state index in [1.54, 1.807) is 19.0 Å². The lowest BCUT2D eigenvalue weighted by Crippen LogP contribution is -2.43. The molecule has 1 aromatic carbocycles. The highest BCUT2D eigenvalue weighted by atomic mass is 35.5. The lowest BCUT2D eigenvalue weighted by molar-refractivity contribution is -0.134. The zero-order valence-electron chi connectivity index (χ0n) is 17.8. The first-order chi connectivity index (χ1) is 14.9. The number of carbonyl (C=O) groups is 2. The predicted molar refractivity (Wildman–Crippen MR) is 123 cm³/mol. The average molecular weight is 461 g/mol. The molecule has 1 atom stereocenters. The van der Waals surface area contributed by atoms with E-state index in [0.717, 1.165) is 16.4 Å². The number of fused-ring (bicyclic) bond motifs is 1. The third-order valence-electron chi connectivity index (χ3n) is 5.52. The van der Waals surface area contributed by atoms with Crippen molar-refractivity contribution in [3.05, 3.63) is 57.2 Å². The molecule has 9 heteroatoms. The fraction of sp³-hybridized carbons (Fsp3) is 0.409. The van der Waals surface area contributed by atoms with Crippen molar-refractivity contribution >= 4 is 40.3 Å². The lowest BCUT2D eigenvalue weighted by atomic mass is 9.93. The molecule has 3 aliphatic heterocycles. The zero-order chi connectivity index (χ0) is 22.1. The molecule has 3 aliphatic rings. The number of amidine groups is 1. The van der Waals surface area contributed by atoms with Crippen LogP contribution in [0.25, 0.3) is 0 Å². The van der Waals surface area contributed by atoms with Crippen molar-refractivity contribution < 1.29 is 14.3 Å². The summed E-state index contributed by atoms with van der Waals surface area (Å²) >= 11 is 7.61. The average Bonchev–Trinajstić information content (AvgIpc) is 3.15. The van der Waals surface area contributed by atoms with Gasteiger partial charge in [-0.2, -0.15) is 0 Å². The van der Waals surface area contributed by atoms with Crippen LogP contribution in [0, 0.1) is 0 Å². The van der Waals surface area contributed by atoms with Crippen LogP contribution in [0.4, 0.5) is 0 Å². The molecule has 0 saturated carbocycles. The molecule has 2 amide bonds. The van der Waals surface area contributed by atoms with Crippen molar-refractivity contribution in [3.8, 4) is 0 Å². The van der Waals surface area contributed by atoms with Crippen molar-refractivity contribution in [2.75, 3.05) is 40.4 Å². The van der Waals surface area contributed by atoms with Gasteiger partial charge in [0.15, 0.2) is 5.17 Å². The summed E-state index contributed by atoms with van der Waals surface area (Å²) in [4.78, 5) is 36.2. The topological polar surface area (TPSA) is 65.5 Å². The minimum atomic E-state index is -0.376. The molecule has 164 valence electrons. The highest BCUT2D eigenvalue weighted by molar-refractivity contribution is 8.16. The Bertz CT molecular complexity index is 981. The number of carbonyl (C=O) groups excluding carboxylic acids is 2. The number of morpholine rings is 1. The Labute approximate surface area is 191 Å². The first kappa shape index (κ1) is 21.9. The summed E-state index contributed by atoms with van der Waals surface area (Å²) in [5, 5.41) is 3.37. The van der Waals surface area contributed by atoms with Gasteiger partial charge in [-0.3, -0.25) is 9.59 Å². The molecular weight excluding hydrogens is 436 g/mol. The number of allylic oxidation sites excluding steroid dienone is 1. The lowest BCUT2D eigenvalue weighted by Gasteiger charge is -2.38. The summed E-state index contributed by atoms with van der Waals surface area (Å²) < 4.78 is 5.36. The third-order valence-corrected chi connectivity index (χ3v) is 6.66. The Hall–Kier alpha value is -2.29. The molecule has 0 bridgehead atoms. The predicted octanol–water partition coefficient (Wildman–Crippen LogP) is 3.25. The van der Waals surface area contributed by atoms with Gasteiger partial charge >= 0.3 is 0 Å². The van der Waals surface area contributed by atoms with E-state index in [9.17, 15) is 9.59 Å². The normalized spacial score (nSPS) is 21.0. The van der Waals surface area contributed by atoms with Crippen LogP contribution in [-0.2, 0) is 14.3 Å². The molecule has 0 N–H and O–H groups in total. The second-order valence-corrected chi connectivity index (χ2v) is 9.09. The minimum Gasteiger partial charge on any atom is -0.378 e. The maximum Gasteiger partial charge on any atom is 0.253 e. The number of rotatable bonds is 4. The van der Waals surface area contributed by atoms with Crippen molar-refractivity contribution in [1.82, 2.24) is 14.7 Å². The number of hydrogen-bond acceptors (Lipinski definition) is 6. The van der Waals surface area contributed by atoms with Crippen molar-refractivity contribution in [3.63, 3.8) is 0 Å². The van der Waals surface area contributed by atoms with E-state index in [2.05, 4.69) is 0 Å². The number of likely N-dealkylation sites (N-methyl/N-ethyl adjacent to an activating group) is 1. The van der Waals surface area contributed by atoms with Crippen LogP contribution in [0.5, 0.6) is 0 Å². The van der Waals surface area contributed by atoms with Crippen LogP contribution in [0.2, 0.25) is 5.02 Å². The molecule has 4 rings (SSSR count). The molecule has 7 nitrogen and oxygen atoms in total. The number of benzene rings is 1. The number of nitrogens with zero attached hydrogens (tertiary/aromatic N) is 4. The van der Waals surface area contributed by atoms with Crippen LogP contribution >= 0.6 is 23.4 Å². The van der Waals surface area contributed by atoms with E-state index in [4.69, 9.17) is 21.3 Å². The highest BCUT2D eigenvalue weighted by Gasteiger charge is 2.41. The molecule has 31 heavy (non-hydrogen) atoms. The quantitative estimate of drug-likeness (QED) is 0.690. The number of thioether (sulfide) groups is 1. The molecule has 0 unspecified atom stereocenters. The van der Waals surface area contributed by atoms with Crippen LogP contribution in [-0.4, -0.2) is 72.1 Å². The molecule has 0 aromatic heterocycles. The van der Waals surface area contributed by atoms with Gasteiger partial charge in [0.2, 0.25) is 5.91 Å². The number of hydrogen-bond donors (Lipinski definition) is 0. The van der Waals surface area contributed by atoms with E-state index in [1.165, 1.54) is 11.8 Å². The second-order valence-electron chi connectivity index (χ2n) is 7.81. The summed E-state index contributed by atoms with van der Waals surface area (Å²) in [5.74, 6) is -0.0472. The summed E-state index contributed by atoms with van der Waals surface area (Å²) in [5.41, 5.74) is 3.06. The van der Waals surface area contributed by atoms with Gasteiger partial charge in [0, 0.05) is 37.9 Å². The number of ether oxygens (including phenoxy) is 1. The van der Waals surface area contributed by atoms with Crippen molar-refractivity contribution in [2.45, 2.75) is 19.4 Å². The van der Waals surface area contributed by atoms with Crippen LogP contribution in [0.3, 0.4) is 0 Å². The summed E-state index contributed by atoms with van der Waals surface area (Å²) in [6, 6.07) is 7.12. The van der Waals surface area contributed by atoms with Gasteiger partial charge in [0.25, 0.3) is 5.91 Å². The molecule has 1 saturated heterocycles. The Kier molecular flexibility index (Phi) is 6.41. The molecular formula is C22H25ClN4O3S. The van der Waals surface area contributed by atoms with Crippen LogP contribution < -0.4 is 0 Å². The summed E-state index contributed by atoms with van der Waals surface area (Å²) in [6.45, 7) is 4.19. The first-order valence-electron chi connectivity index (χ1n) is 10.1. The van der Waals surface area contributed by atoms with Gasteiger partial charge in [-0.1, -0.05) is 35.5 Å².